The van der Waals surface area contributed by atoms with E-state index in [9.17, 15) is 0 Å². The molecule has 0 amide bonds. The van der Waals surface area contributed by atoms with Gasteiger partial charge in [0.1, 0.15) is 23.5 Å². The van der Waals surface area contributed by atoms with Gasteiger partial charge in [-0.1, -0.05) is 18.2 Å². The Hall–Kier alpha value is -2.89. The van der Waals surface area contributed by atoms with Crippen LogP contribution in [0.5, 0.6) is 0 Å². The van der Waals surface area contributed by atoms with Crippen LogP contribution in [0, 0.1) is 5.41 Å². The fourth-order valence-electron chi connectivity index (χ4n) is 2.60. The molecule has 0 aliphatic heterocycles. The zero-order valence-electron chi connectivity index (χ0n) is 14.1. The first kappa shape index (κ1) is 16.0. The smallest absolute Gasteiger partial charge is 0.141 e. The molecule has 24 heavy (non-hydrogen) atoms. The van der Waals surface area contributed by atoms with Gasteiger partial charge in [0.2, 0.25) is 0 Å². The standard InChI is InChI=1S/C18H21N5O/c1-18(2,3)23-17-15(16(20)21-10-22-17)13(19)8-11-9-24-14-7-5-4-6-12(11)14/h4-7,9-10,19H,8H2,1-3H3,(H3,20,21,22,23). The van der Waals surface area contributed by atoms with Gasteiger partial charge in [0.05, 0.1) is 17.5 Å². The Balaban J connectivity index is 1.95. The highest BCUT2D eigenvalue weighted by atomic mass is 16.3. The largest absolute Gasteiger partial charge is 0.464 e. The Morgan fingerprint density at radius 2 is 2.00 bits per heavy atom. The maximum absolute atomic E-state index is 8.53. The molecule has 0 aliphatic rings. The monoisotopic (exact) mass is 323 g/mol. The van der Waals surface area contributed by atoms with Crippen molar-refractivity contribution in [2.24, 2.45) is 0 Å². The summed E-state index contributed by atoms with van der Waals surface area (Å²) in [6, 6.07) is 7.78. The molecule has 0 saturated heterocycles. The number of fused-ring (bicyclic) bond motifs is 1. The number of hydrogen-bond donors (Lipinski definition) is 3. The minimum atomic E-state index is -0.196. The van der Waals surface area contributed by atoms with Gasteiger partial charge in [0.15, 0.2) is 0 Å². The Bertz CT molecular complexity index is 892. The van der Waals surface area contributed by atoms with Gasteiger partial charge < -0.3 is 20.9 Å². The first-order valence-corrected chi connectivity index (χ1v) is 7.77. The first-order valence-electron chi connectivity index (χ1n) is 7.77. The molecular formula is C18H21N5O. The molecular weight excluding hydrogens is 302 g/mol. The summed E-state index contributed by atoms with van der Waals surface area (Å²) in [6.07, 6.45) is 3.50. The molecule has 2 heterocycles. The van der Waals surface area contributed by atoms with Gasteiger partial charge in [-0.05, 0) is 26.8 Å². The Kier molecular flexibility index (Phi) is 3.97. The topological polar surface area (TPSA) is 101 Å². The van der Waals surface area contributed by atoms with Crippen molar-refractivity contribution in [1.82, 2.24) is 9.97 Å². The van der Waals surface area contributed by atoms with Gasteiger partial charge in [-0.25, -0.2) is 9.97 Å². The van der Waals surface area contributed by atoms with Crippen LogP contribution < -0.4 is 11.1 Å². The van der Waals surface area contributed by atoms with Crippen LogP contribution in [0.1, 0.15) is 31.9 Å². The van der Waals surface area contributed by atoms with Crippen LogP contribution >= 0.6 is 0 Å². The zero-order valence-corrected chi connectivity index (χ0v) is 14.1. The number of nitrogens with zero attached hydrogens (tertiary/aromatic N) is 2. The lowest BCUT2D eigenvalue weighted by Crippen LogP contribution is -2.28. The second-order valence-corrected chi connectivity index (χ2v) is 6.77. The van der Waals surface area contributed by atoms with E-state index in [1.165, 1.54) is 6.33 Å². The molecule has 3 rings (SSSR count). The average molecular weight is 323 g/mol. The second-order valence-electron chi connectivity index (χ2n) is 6.77. The SMILES string of the molecule is CC(C)(C)Nc1ncnc(N)c1C(=N)Cc1coc2ccccc12. The minimum Gasteiger partial charge on any atom is -0.464 e. The third kappa shape index (κ3) is 3.22. The van der Waals surface area contributed by atoms with Gasteiger partial charge in [-0.15, -0.1) is 0 Å². The molecule has 1 aromatic carbocycles. The molecule has 2 aromatic heterocycles. The third-order valence-electron chi connectivity index (χ3n) is 3.60. The number of nitrogens with two attached hydrogens (primary N) is 1. The van der Waals surface area contributed by atoms with Crippen LogP contribution in [0.15, 0.2) is 41.3 Å². The summed E-state index contributed by atoms with van der Waals surface area (Å²) in [5, 5.41) is 12.8. The molecule has 0 unspecified atom stereocenters. The van der Waals surface area contributed by atoms with Crippen molar-refractivity contribution in [2.45, 2.75) is 32.7 Å². The highest BCUT2D eigenvalue weighted by molar-refractivity contribution is 6.08. The van der Waals surface area contributed by atoms with Crippen molar-refractivity contribution < 1.29 is 4.42 Å². The lowest BCUT2D eigenvalue weighted by atomic mass is 10.0. The number of para-hydroxylation sites is 1. The number of aromatic nitrogens is 2. The van der Waals surface area contributed by atoms with E-state index < -0.39 is 0 Å². The summed E-state index contributed by atoms with van der Waals surface area (Å²) in [7, 11) is 0. The van der Waals surface area contributed by atoms with Crippen molar-refractivity contribution in [3.8, 4) is 0 Å². The lowest BCUT2D eigenvalue weighted by molar-refractivity contribution is 0.612. The number of nitrogen functional groups attached to an aromatic ring is 1. The molecule has 6 heteroatoms. The minimum absolute atomic E-state index is 0.196. The van der Waals surface area contributed by atoms with E-state index in [-0.39, 0.29) is 5.54 Å². The molecule has 0 fully saturated rings. The fourth-order valence-corrected chi connectivity index (χ4v) is 2.60. The molecule has 0 saturated carbocycles. The van der Waals surface area contributed by atoms with Crippen LogP contribution in [0.3, 0.4) is 0 Å². The van der Waals surface area contributed by atoms with E-state index in [2.05, 4.69) is 15.3 Å². The second kappa shape index (κ2) is 5.96. The quantitative estimate of drug-likeness (QED) is 0.637. The van der Waals surface area contributed by atoms with Gasteiger partial charge >= 0.3 is 0 Å². The number of hydrogen-bond acceptors (Lipinski definition) is 6. The maximum atomic E-state index is 8.53. The van der Waals surface area contributed by atoms with Crippen molar-refractivity contribution in [2.75, 3.05) is 11.1 Å². The molecule has 4 N–H and O–H groups in total. The van der Waals surface area contributed by atoms with Crippen LogP contribution in [-0.2, 0) is 6.42 Å². The Morgan fingerprint density at radius 1 is 1.25 bits per heavy atom. The molecule has 3 aromatic rings. The molecule has 0 spiro atoms. The Morgan fingerprint density at radius 3 is 2.75 bits per heavy atom. The van der Waals surface area contributed by atoms with Crippen LogP contribution in [0.4, 0.5) is 11.6 Å². The van der Waals surface area contributed by atoms with Gasteiger partial charge in [0, 0.05) is 22.9 Å². The summed E-state index contributed by atoms with van der Waals surface area (Å²) < 4.78 is 5.55. The number of anilines is 2. The predicted molar refractivity (Wildman–Crippen MR) is 96.6 cm³/mol. The summed E-state index contributed by atoms with van der Waals surface area (Å²) in [6.45, 7) is 6.09. The van der Waals surface area contributed by atoms with Crippen LogP contribution in [0.2, 0.25) is 0 Å². The normalized spacial score (nSPS) is 11.6. The van der Waals surface area contributed by atoms with E-state index in [1.807, 2.05) is 45.0 Å². The van der Waals surface area contributed by atoms with Gasteiger partial charge in [-0.2, -0.15) is 0 Å². The van der Waals surface area contributed by atoms with Crippen LogP contribution in [-0.4, -0.2) is 21.2 Å². The van der Waals surface area contributed by atoms with E-state index in [0.717, 1.165) is 16.5 Å². The Labute approximate surface area is 140 Å². The number of benzene rings is 1. The molecule has 0 radical (unpaired) electrons. The molecule has 0 aliphatic carbocycles. The first-order chi connectivity index (χ1) is 11.3. The number of furan rings is 1. The summed E-state index contributed by atoms with van der Waals surface area (Å²) in [5.74, 6) is 0.877. The average Bonchev–Trinajstić information content (AvgIpc) is 2.89. The summed E-state index contributed by atoms with van der Waals surface area (Å²) in [5.41, 5.74) is 8.48. The summed E-state index contributed by atoms with van der Waals surface area (Å²) >= 11 is 0. The molecule has 0 atom stereocenters. The van der Waals surface area contributed by atoms with Gasteiger partial charge in [-0.3, -0.25) is 0 Å². The lowest BCUT2D eigenvalue weighted by Gasteiger charge is -2.23. The molecule has 6 nitrogen and oxygen atoms in total. The fraction of sp³-hybridized carbons (Fsp3) is 0.278. The van der Waals surface area contributed by atoms with Crippen molar-refractivity contribution in [3.63, 3.8) is 0 Å². The summed E-state index contributed by atoms with van der Waals surface area (Å²) in [4.78, 5) is 8.32. The van der Waals surface area contributed by atoms with E-state index in [0.29, 0.717) is 29.3 Å². The maximum Gasteiger partial charge on any atom is 0.141 e. The molecule has 0 bridgehead atoms. The third-order valence-corrected chi connectivity index (χ3v) is 3.60. The van der Waals surface area contributed by atoms with Gasteiger partial charge in [0.25, 0.3) is 0 Å². The van der Waals surface area contributed by atoms with E-state index in [1.54, 1.807) is 6.26 Å². The van der Waals surface area contributed by atoms with E-state index >= 15 is 0 Å². The zero-order chi connectivity index (χ0) is 17.3. The van der Waals surface area contributed by atoms with Crippen molar-refractivity contribution in [3.05, 3.63) is 48.0 Å². The number of rotatable bonds is 4. The number of nitrogens with one attached hydrogen (secondary N) is 2. The highest BCUT2D eigenvalue weighted by Gasteiger charge is 2.20. The van der Waals surface area contributed by atoms with E-state index in [4.69, 9.17) is 15.6 Å². The van der Waals surface area contributed by atoms with Crippen molar-refractivity contribution in [1.29, 1.82) is 5.41 Å². The highest BCUT2D eigenvalue weighted by Crippen LogP contribution is 2.26. The molecule has 124 valence electrons. The van der Waals surface area contributed by atoms with Crippen LogP contribution in [0.25, 0.3) is 11.0 Å². The van der Waals surface area contributed by atoms with Crippen molar-refractivity contribution >= 4 is 28.3 Å². The predicted octanol–water partition coefficient (Wildman–Crippen LogP) is 3.63.